The number of hydrogen-bond donors (Lipinski definition) is 0. The third kappa shape index (κ3) is 3.63. The van der Waals surface area contributed by atoms with Crippen molar-refractivity contribution in [2.75, 3.05) is 7.11 Å². The highest BCUT2D eigenvalue weighted by atomic mass is 35.5. The molecule has 2 aromatic heterocycles. The average molecular weight is 414 g/mol. The zero-order valence-electron chi connectivity index (χ0n) is 15.3. The van der Waals surface area contributed by atoms with Gasteiger partial charge in [-0.05, 0) is 48.9 Å². The Morgan fingerprint density at radius 2 is 1.93 bits per heavy atom. The zero-order valence-corrected chi connectivity index (χ0v) is 16.8. The Bertz CT molecular complexity index is 1140. The van der Waals surface area contributed by atoms with Crippen molar-refractivity contribution in [1.29, 1.82) is 0 Å². The normalized spacial score (nSPS) is 11.0. The number of imidazole rings is 1. The van der Waals surface area contributed by atoms with Crippen LogP contribution in [-0.4, -0.2) is 21.6 Å². The summed E-state index contributed by atoms with van der Waals surface area (Å²) in [6.07, 6.45) is 1.62. The van der Waals surface area contributed by atoms with Gasteiger partial charge in [-0.1, -0.05) is 29.3 Å². The summed E-state index contributed by atoms with van der Waals surface area (Å²) in [6.45, 7) is 2.52. The quantitative estimate of drug-likeness (QED) is 0.408. The van der Waals surface area contributed by atoms with E-state index in [1.54, 1.807) is 37.6 Å². The second-order valence-corrected chi connectivity index (χ2v) is 7.09. The SMILES string of the molecule is COc1ccc(Oc2cccc3c2nc(C)n3Cc2cc(Cl)ccc2Cl)cn1. The highest BCUT2D eigenvalue weighted by Gasteiger charge is 2.14. The first-order valence-electron chi connectivity index (χ1n) is 8.63. The third-order valence-electron chi connectivity index (χ3n) is 4.42. The minimum Gasteiger partial charge on any atom is -0.481 e. The topological polar surface area (TPSA) is 49.2 Å². The monoisotopic (exact) mass is 413 g/mol. The fourth-order valence-corrected chi connectivity index (χ4v) is 3.40. The van der Waals surface area contributed by atoms with Crippen molar-refractivity contribution in [3.63, 3.8) is 0 Å². The molecule has 142 valence electrons. The van der Waals surface area contributed by atoms with Crippen LogP contribution >= 0.6 is 23.2 Å². The number of fused-ring (bicyclic) bond motifs is 1. The van der Waals surface area contributed by atoms with Crippen LogP contribution in [0.4, 0.5) is 0 Å². The molecule has 0 saturated carbocycles. The van der Waals surface area contributed by atoms with Crippen molar-refractivity contribution in [2.24, 2.45) is 0 Å². The minimum absolute atomic E-state index is 0.532. The van der Waals surface area contributed by atoms with Crippen molar-refractivity contribution < 1.29 is 9.47 Å². The van der Waals surface area contributed by atoms with Crippen LogP contribution in [-0.2, 0) is 6.54 Å². The van der Waals surface area contributed by atoms with Gasteiger partial charge in [-0.25, -0.2) is 9.97 Å². The fourth-order valence-electron chi connectivity index (χ4n) is 3.03. The van der Waals surface area contributed by atoms with Gasteiger partial charge in [0, 0.05) is 16.1 Å². The first-order valence-corrected chi connectivity index (χ1v) is 9.38. The molecular weight excluding hydrogens is 397 g/mol. The first-order chi connectivity index (χ1) is 13.5. The van der Waals surface area contributed by atoms with Crippen molar-refractivity contribution in [3.05, 3.63) is 76.2 Å². The van der Waals surface area contributed by atoms with E-state index in [9.17, 15) is 0 Å². The Kier molecular flexibility index (Phi) is 5.11. The predicted octanol–water partition coefficient (Wildman–Crippen LogP) is 5.90. The molecule has 7 heteroatoms. The minimum atomic E-state index is 0.532. The van der Waals surface area contributed by atoms with Crippen molar-refractivity contribution in [3.8, 4) is 17.4 Å². The molecule has 0 N–H and O–H groups in total. The number of ether oxygens (including phenoxy) is 2. The van der Waals surface area contributed by atoms with Crippen LogP contribution in [0.5, 0.6) is 17.4 Å². The molecule has 0 spiro atoms. The van der Waals surface area contributed by atoms with Gasteiger partial charge in [0.2, 0.25) is 5.88 Å². The summed E-state index contributed by atoms with van der Waals surface area (Å²) < 4.78 is 13.2. The summed E-state index contributed by atoms with van der Waals surface area (Å²) in [5, 5.41) is 1.32. The molecule has 0 saturated heterocycles. The molecule has 0 atom stereocenters. The second-order valence-electron chi connectivity index (χ2n) is 6.24. The Balaban J connectivity index is 1.71. The van der Waals surface area contributed by atoms with E-state index in [0.717, 1.165) is 22.4 Å². The van der Waals surface area contributed by atoms with Crippen molar-refractivity contribution >= 4 is 34.2 Å². The molecule has 2 heterocycles. The van der Waals surface area contributed by atoms with E-state index in [1.807, 2.05) is 31.2 Å². The molecule has 0 bridgehead atoms. The molecule has 4 rings (SSSR count). The summed E-state index contributed by atoms with van der Waals surface area (Å²) in [5.41, 5.74) is 2.66. The van der Waals surface area contributed by atoms with E-state index in [0.29, 0.717) is 34.0 Å². The summed E-state index contributed by atoms with van der Waals surface area (Å²) in [4.78, 5) is 8.88. The van der Waals surface area contributed by atoms with Gasteiger partial charge in [0.1, 0.15) is 17.1 Å². The number of nitrogens with zero attached hydrogens (tertiary/aromatic N) is 3. The number of benzene rings is 2. The van der Waals surface area contributed by atoms with Gasteiger partial charge in [0.15, 0.2) is 5.75 Å². The molecule has 5 nitrogen and oxygen atoms in total. The molecule has 0 aliphatic heterocycles. The average Bonchev–Trinajstić information content (AvgIpc) is 3.02. The molecule has 2 aromatic carbocycles. The van der Waals surface area contributed by atoms with Crippen LogP contribution in [0, 0.1) is 6.92 Å². The van der Waals surface area contributed by atoms with Gasteiger partial charge >= 0.3 is 0 Å². The molecule has 28 heavy (non-hydrogen) atoms. The number of aryl methyl sites for hydroxylation is 1. The molecule has 0 aliphatic rings. The number of methoxy groups -OCH3 is 1. The summed E-state index contributed by atoms with van der Waals surface area (Å²) >= 11 is 12.5. The number of rotatable bonds is 5. The van der Waals surface area contributed by atoms with Gasteiger partial charge in [0.25, 0.3) is 0 Å². The lowest BCUT2D eigenvalue weighted by atomic mass is 10.2. The summed E-state index contributed by atoms with van der Waals surface area (Å²) in [6, 6.07) is 14.8. The van der Waals surface area contributed by atoms with Gasteiger partial charge in [-0.2, -0.15) is 0 Å². The smallest absolute Gasteiger partial charge is 0.213 e. The van der Waals surface area contributed by atoms with Gasteiger partial charge in [-0.15, -0.1) is 0 Å². The summed E-state index contributed by atoms with van der Waals surface area (Å²) in [7, 11) is 1.57. The van der Waals surface area contributed by atoms with E-state index >= 15 is 0 Å². The Morgan fingerprint density at radius 1 is 1.07 bits per heavy atom. The molecule has 4 aromatic rings. The third-order valence-corrected chi connectivity index (χ3v) is 5.02. The Morgan fingerprint density at radius 3 is 2.68 bits per heavy atom. The van der Waals surface area contributed by atoms with E-state index in [1.165, 1.54) is 0 Å². The van der Waals surface area contributed by atoms with Crippen LogP contribution < -0.4 is 9.47 Å². The molecule has 0 aliphatic carbocycles. The highest BCUT2D eigenvalue weighted by molar-refractivity contribution is 6.33. The maximum atomic E-state index is 6.35. The van der Waals surface area contributed by atoms with Crippen molar-refractivity contribution in [1.82, 2.24) is 14.5 Å². The van der Waals surface area contributed by atoms with E-state index in [-0.39, 0.29) is 0 Å². The number of hydrogen-bond acceptors (Lipinski definition) is 4. The van der Waals surface area contributed by atoms with Gasteiger partial charge < -0.3 is 14.0 Å². The van der Waals surface area contributed by atoms with Gasteiger partial charge in [0.05, 0.1) is 25.4 Å². The molecular formula is C21H17Cl2N3O2. The van der Waals surface area contributed by atoms with E-state index in [2.05, 4.69) is 9.55 Å². The standard InChI is InChI=1S/C21H17Cl2N3O2/c1-13-25-21-18(26(13)12-14-10-15(22)6-8-17(14)23)4-3-5-19(21)28-16-7-9-20(27-2)24-11-16/h3-11H,12H2,1-2H3. The Hall–Kier alpha value is -2.76. The zero-order chi connectivity index (χ0) is 19.7. The lowest BCUT2D eigenvalue weighted by Gasteiger charge is -2.10. The van der Waals surface area contributed by atoms with Crippen LogP contribution in [0.3, 0.4) is 0 Å². The van der Waals surface area contributed by atoms with Crippen LogP contribution in [0.25, 0.3) is 11.0 Å². The largest absolute Gasteiger partial charge is 0.481 e. The molecule has 0 unspecified atom stereocenters. The van der Waals surface area contributed by atoms with Gasteiger partial charge in [-0.3, -0.25) is 0 Å². The lowest BCUT2D eigenvalue weighted by Crippen LogP contribution is -2.02. The molecule has 0 radical (unpaired) electrons. The Labute approximate surface area is 172 Å². The fraction of sp³-hybridized carbons (Fsp3) is 0.143. The van der Waals surface area contributed by atoms with Crippen LogP contribution in [0.1, 0.15) is 11.4 Å². The first kappa shape index (κ1) is 18.6. The van der Waals surface area contributed by atoms with Crippen molar-refractivity contribution in [2.45, 2.75) is 13.5 Å². The predicted molar refractivity (Wildman–Crippen MR) is 111 cm³/mol. The number of para-hydroxylation sites is 1. The summed E-state index contributed by atoms with van der Waals surface area (Å²) in [5.74, 6) is 2.65. The van der Waals surface area contributed by atoms with Crippen LogP contribution in [0.15, 0.2) is 54.7 Å². The maximum Gasteiger partial charge on any atom is 0.213 e. The van der Waals surface area contributed by atoms with E-state index < -0.39 is 0 Å². The number of aromatic nitrogens is 3. The number of pyridine rings is 1. The second kappa shape index (κ2) is 7.70. The highest BCUT2D eigenvalue weighted by Crippen LogP contribution is 2.31. The molecule has 0 fully saturated rings. The number of halogens is 2. The van der Waals surface area contributed by atoms with E-state index in [4.69, 9.17) is 37.7 Å². The lowest BCUT2D eigenvalue weighted by molar-refractivity contribution is 0.395. The molecule has 0 amide bonds. The van der Waals surface area contributed by atoms with Crippen LogP contribution in [0.2, 0.25) is 10.0 Å². The maximum absolute atomic E-state index is 6.35.